The van der Waals surface area contributed by atoms with Crippen molar-refractivity contribution in [3.63, 3.8) is 0 Å². The molecule has 0 saturated heterocycles. The standard InChI is InChI=1S/C6H6.2CHNO.2CH4O.CH4/c1-2-4-6-5-3-1;2*2-1-3;2*1-2;/h1-6H;2*2H;2*2H,1H3;1H4. The van der Waals surface area contributed by atoms with Crippen LogP contribution in [-0.2, 0) is 9.59 Å². The minimum Gasteiger partial charge on any atom is -0.400 e. The largest absolute Gasteiger partial charge is 0.400 e. The Kier molecular flexibility index (Phi) is 115. The molecule has 6 nitrogen and oxygen atoms in total. The van der Waals surface area contributed by atoms with E-state index in [4.69, 9.17) is 30.6 Å². The lowest BCUT2D eigenvalue weighted by Crippen LogP contribution is -1.47. The number of nitrogens with one attached hydrogen (secondary N) is 2. The Morgan fingerprint density at radius 2 is 0.765 bits per heavy atom. The van der Waals surface area contributed by atoms with Crippen LogP contribution in [0.1, 0.15) is 7.43 Å². The molecule has 0 aromatic heterocycles. The van der Waals surface area contributed by atoms with Crippen LogP contribution in [0.5, 0.6) is 0 Å². The summed E-state index contributed by atoms with van der Waals surface area (Å²) >= 11 is 0. The van der Waals surface area contributed by atoms with E-state index >= 15 is 0 Å². The molecule has 0 atom stereocenters. The summed E-state index contributed by atoms with van der Waals surface area (Å²) in [4.78, 5) is 16.7. The lowest BCUT2D eigenvalue weighted by molar-refractivity contribution is 0.399. The van der Waals surface area contributed by atoms with Gasteiger partial charge in [-0.3, -0.25) is 0 Å². The van der Waals surface area contributed by atoms with Gasteiger partial charge in [-0.1, -0.05) is 43.8 Å². The van der Waals surface area contributed by atoms with E-state index in [0.29, 0.717) is 0 Å². The average Bonchev–Trinajstić information content (AvgIpc) is 2.38. The number of aliphatic hydroxyl groups excluding tert-OH is 2. The zero-order chi connectivity index (χ0) is 13.7. The van der Waals surface area contributed by atoms with Crippen LogP contribution in [0.4, 0.5) is 0 Å². The minimum absolute atomic E-state index is 0. The molecule has 6 heteroatoms. The molecule has 0 fully saturated rings. The van der Waals surface area contributed by atoms with Gasteiger partial charge in [0.2, 0.25) is 12.2 Å². The summed E-state index contributed by atoms with van der Waals surface area (Å²) in [5.41, 5.74) is 0. The highest BCUT2D eigenvalue weighted by Crippen LogP contribution is 1.79. The van der Waals surface area contributed by atoms with Crippen molar-refractivity contribution >= 4 is 12.2 Å². The van der Waals surface area contributed by atoms with Gasteiger partial charge in [0.1, 0.15) is 0 Å². The van der Waals surface area contributed by atoms with E-state index in [1.54, 1.807) is 0 Å². The Morgan fingerprint density at radius 3 is 0.824 bits per heavy atom. The summed E-state index contributed by atoms with van der Waals surface area (Å²) in [5, 5.41) is 24.8. The fourth-order valence-electron chi connectivity index (χ4n) is 0.385. The van der Waals surface area contributed by atoms with Crippen molar-refractivity contribution in [3.8, 4) is 0 Å². The van der Waals surface area contributed by atoms with Gasteiger partial charge in [0.05, 0.1) is 0 Å². The molecule has 4 N–H and O–H groups in total. The maximum Gasteiger partial charge on any atom is 0.231 e. The first kappa shape index (κ1) is 29.4. The number of benzene rings is 1. The molecule has 0 saturated carbocycles. The molecular weight excluding hydrogens is 224 g/mol. The van der Waals surface area contributed by atoms with Gasteiger partial charge in [-0.05, 0) is 0 Å². The van der Waals surface area contributed by atoms with E-state index in [2.05, 4.69) is 0 Å². The van der Waals surface area contributed by atoms with E-state index in [9.17, 15) is 0 Å². The molecule has 0 aliphatic carbocycles. The summed E-state index contributed by atoms with van der Waals surface area (Å²) in [6, 6.07) is 12.0. The van der Waals surface area contributed by atoms with Gasteiger partial charge >= 0.3 is 0 Å². The number of hydrogen-bond donors (Lipinski definition) is 4. The monoisotopic (exact) mass is 244 g/mol. The SMILES string of the molecule is C.CO.CO.N=C=O.N=C=O.c1ccccc1. The summed E-state index contributed by atoms with van der Waals surface area (Å²) in [6.07, 6.45) is 1.50. The number of isocyanates is 2. The van der Waals surface area contributed by atoms with Gasteiger partial charge in [-0.2, -0.15) is 0 Å². The summed E-state index contributed by atoms with van der Waals surface area (Å²) in [5.74, 6) is 0. The van der Waals surface area contributed by atoms with Gasteiger partial charge in [0, 0.05) is 14.2 Å². The van der Waals surface area contributed by atoms with Crippen molar-refractivity contribution in [2.75, 3.05) is 14.2 Å². The van der Waals surface area contributed by atoms with Gasteiger partial charge < -0.3 is 10.2 Å². The van der Waals surface area contributed by atoms with Crippen LogP contribution < -0.4 is 0 Å². The van der Waals surface area contributed by atoms with Crippen LogP contribution in [0.15, 0.2) is 36.4 Å². The molecule has 17 heavy (non-hydrogen) atoms. The molecule has 1 aromatic rings. The van der Waals surface area contributed by atoms with Crippen LogP contribution in [0.3, 0.4) is 0 Å². The predicted octanol–water partition coefficient (Wildman–Crippen LogP) is 1.34. The molecule has 0 heterocycles. The number of rotatable bonds is 0. The maximum atomic E-state index is 8.35. The highest BCUT2D eigenvalue weighted by Gasteiger charge is 1.57. The molecule has 0 amide bonds. The Morgan fingerprint density at radius 1 is 0.706 bits per heavy atom. The highest BCUT2D eigenvalue weighted by molar-refractivity contribution is 5.26. The predicted molar refractivity (Wildman–Crippen MR) is 66.3 cm³/mol. The second kappa shape index (κ2) is 66.4. The van der Waals surface area contributed by atoms with Gasteiger partial charge in [-0.25, -0.2) is 20.4 Å². The third-order valence-corrected chi connectivity index (χ3v) is 0.667. The summed E-state index contributed by atoms with van der Waals surface area (Å²) in [6.45, 7) is 0. The lowest BCUT2D eigenvalue weighted by atomic mass is 10.4. The molecule has 0 aliphatic heterocycles. The lowest BCUT2D eigenvalue weighted by Gasteiger charge is -1.69. The van der Waals surface area contributed by atoms with Gasteiger partial charge in [0.15, 0.2) is 0 Å². The molecule has 0 radical (unpaired) electrons. The Labute approximate surface area is 102 Å². The molecule has 0 bridgehead atoms. The van der Waals surface area contributed by atoms with Crippen LogP contribution in [0.25, 0.3) is 0 Å². The van der Waals surface area contributed by atoms with Crippen LogP contribution in [0, 0.1) is 10.8 Å². The zero-order valence-corrected chi connectivity index (χ0v) is 9.18. The Hall–Kier alpha value is -2.10. The van der Waals surface area contributed by atoms with E-state index in [1.165, 1.54) is 0 Å². The second-order valence-electron chi connectivity index (χ2n) is 1.36. The number of carbonyl (C=O) groups excluding carboxylic acids is 2. The minimum atomic E-state index is 0. The first-order chi connectivity index (χ1) is 7.83. The number of aliphatic hydroxyl groups is 2. The Bertz CT molecular complexity index is 202. The van der Waals surface area contributed by atoms with Crippen molar-refractivity contribution in [2.45, 2.75) is 7.43 Å². The van der Waals surface area contributed by atoms with Crippen molar-refractivity contribution in [2.24, 2.45) is 0 Å². The van der Waals surface area contributed by atoms with E-state index in [0.717, 1.165) is 26.4 Å². The van der Waals surface area contributed by atoms with Crippen molar-refractivity contribution in [1.82, 2.24) is 0 Å². The van der Waals surface area contributed by atoms with E-state index in [-0.39, 0.29) is 7.43 Å². The first-order valence-electron chi connectivity index (χ1n) is 3.80. The first-order valence-corrected chi connectivity index (χ1v) is 3.80. The van der Waals surface area contributed by atoms with Crippen molar-refractivity contribution < 1.29 is 19.8 Å². The summed E-state index contributed by atoms with van der Waals surface area (Å²) < 4.78 is 0. The van der Waals surface area contributed by atoms with Crippen molar-refractivity contribution in [3.05, 3.63) is 36.4 Å². The quantitative estimate of drug-likeness (QED) is 0.406. The zero-order valence-electron chi connectivity index (χ0n) is 9.18. The maximum absolute atomic E-state index is 8.35. The van der Waals surface area contributed by atoms with E-state index in [1.807, 2.05) is 36.4 Å². The van der Waals surface area contributed by atoms with Crippen molar-refractivity contribution in [1.29, 1.82) is 10.8 Å². The molecule has 0 spiro atoms. The second-order valence-corrected chi connectivity index (χ2v) is 1.36. The molecular formula is C11H20N2O4. The molecule has 0 aliphatic rings. The fraction of sp³-hybridized carbons (Fsp3) is 0.273. The molecule has 1 aromatic carbocycles. The van der Waals surface area contributed by atoms with Gasteiger partial charge in [-0.15, -0.1) is 0 Å². The normalized spacial score (nSPS) is 4.47. The topological polar surface area (TPSA) is 122 Å². The number of hydrogen-bond acceptors (Lipinski definition) is 6. The molecule has 98 valence electrons. The highest BCUT2D eigenvalue weighted by atomic mass is 16.2. The van der Waals surface area contributed by atoms with E-state index < -0.39 is 0 Å². The third kappa shape index (κ3) is 129. The average molecular weight is 244 g/mol. The fourth-order valence-corrected chi connectivity index (χ4v) is 0.385. The van der Waals surface area contributed by atoms with Crippen LogP contribution in [-0.4, -0.2) is 36.6 Å². The smallest absolute Gasteiger partial charge is 0.231 e. The third-order valence-electron chi connectivity index (χ3n) is 0.667. The Balaban J connectivity index is -0.0000000386. The summed E-state index contributed by atoms with van der Waals surface area (Å²) in [7, 11) is 2.00. The van der Waals surface area contributed by atoms with Gasteiger partial charge in [0.25, 0.3) is 0 Å². The molecule has 1 rings (SSSR count). The van der Waals surface area contributed by atoms with Crippen LogP contribution in [0.2, 0.25) is 0 Å². The molecule has 0 unspecified atom stereocenters. The van der Waals surface area contributed by atoms with Crippen LogP contribution >= 0.6 is 0 Å².